The van der Waals surface area contributed by atoms with E-state index in [1.165, 1.54) is 17.4 Å². The summed E-state index contributed by atoms with van der Waals surface area (Å²) in [7, 11) is 0. The van der Waals surface area contributed by atoms with Crippen LogP contribution in [0.4, 0.5) is 0 Å². The van der Waals surface area contributed by atoms with E-state index in [1.54, 1.807) is 6.07 Å². The summed E-state index contributed by atoms with van der Waals surface area (Å²) in [6.45, 7) is 0. The van der Waals surface area contributed by atoms with E-state index in [-0.39, 0.29) is 10.6 Å². The minimum Gasteiger partial charge on any atom is -0.289 e. The van der Waals surface area contributed by atoms with Gasteiger partial charge in [0, 0.05) is 16.8 Å². The number of hydrogen-bond acceptors (Lipinski definition) is 1. The first-order valence-corrected chi connectivity index (χ1v) is 4.32. The highest BCUT2D eigenvalue weighted by Gasteiger charge is 2.06. The van der Waals surface area contributed by atoms with Gasteiger partial charge in [-0.15, -0.1) is 0 Å². The molecule has 72 valence electrons. The molecule has 0 radical (unpaired) electrons. The highest BCUT2D eigenvalue weighted by molar-refractivity contribution is 6.43. The molecule has 0 aromatic heterocycles. The first-order chi connectivity index (χ1) is 6.65. The molecule has 6 heteroatoms. The number of carbonyl (C=O) groups is 1. The lowest BCUT2D eigenvalue weighted by Gasteiger charge is -1.99. The van der Waals surface area contributed by atoms with Crippen molar-refractivity contribution in [1.29, 1.82) is 0 Å². The molecule has 0 atom stereocenters. The number of Topliss-reactive ketones (excluding diaryl/α,β-unsaturated/α-hetero) is 1. The molecule has 0 bridgehead atoms. The third kappa shape index (κ3) is 2.61. The quantitative estimate of drug-likeness (QED) is 0.361. The fraction of sp³-hybridized carbons (Fsp3) is 0. The molecule has 0 aliphatic rings. The van der Waals surface area contributed by atoms with E-state index in [0.29, 0.717) is 5.02 Å². The number of ketones is 1. The van der Waals surface area contributed by atoms with E-state index in [4.69, 9.17) is 28.7 Å². The molecule has 0 fully saturated rings. The smallest absolute Gasteiger partial charge is 0.188 e. The Morgan fingerprint density at radius 3 is 2.79 bits per heavy atom. The van der Waals surface area contributed by atoms with Crippen LogP contribution in [0.25, 0.3) is 5.53 Å². The van der Waals surface area contributed by atoms with E-state index in [1.807, 2.05) is 0 Å². The van der Waals surface area contributed by atoms with Crippen LogP contribution in [0.2, 0.25) is 10.0 Å². The summed E-state index contributed by atoms with van der Waals surface area (Å²) in [6, 6.07) is 4.48. The number of halogens is 2. The van der Waals surface area contributed by atoms with Gasteiger partial charge < -0.3 is 0 Å². The van der Waals surface area contributed by atoms with Crippen molar-refractivity contribution in [1.82, 2.24) is 0 Å². The predicted molar refractivity (Wildman–Crippen MR) is 53.6 cm³/mol. The highest BCUT2D eigenvalue weighted by atomic mass is 35.5. The third-order valence-electron chi connectivity index (χ3n) is 1.44. The van der Waals surface area contributed by atoms with Gasteiger partial charge in [-0.3, -0.25) is 4.79 Å². The summed E-state index contributed by atoms with van der Waals surface area (Å²) in [4.78, 5) is 11.3. The monoisotopic (exact) mass is 229 g/mol. The number of nitrogens with zero attached hydrogens (tertiary/aromatic N) is 2. The average molecular weight is 230 g/mol. The lowest BCUT2D eigenvalue weighted by molar-refractivity contribution is -0.485. The van der Waals surface area contributed by atoms with Gasteiger partial charge in [-0.25, -0.2) is 0 Å². The maximum atomic E-state index is 11.3. The summed E-state index contributed by atoms with van der Waals surface area (Å²) in [5, 5.41) is 5.32. The Labute approximate surface area is 90.0 Å². The number of carbonyl (C=O) groups excluding carboxylic acids is 1. The van der Waals surface area contributed by atoms with Gasteiger partial charge in [-0.1, -0.05) is 23.2 Å². The first kappa shape index (κ1) is 10.8. The van der Waals surface area contributed by atoms with E-state index in [2.05, 4.69) is 5.10 Å². The van der Waals surface area contributed by atoms with Crippen molar-refractivity contribution in [3.05, 3.63) is 39.3 Å². The molecule has 1 aromatic carbocycles. The molecule has 0 heterocycles. The van der Waals surface area contributed by atoms with E-state index < -0.39 is 5.78 Å². The summed E-state index contributed by atoms with van der Waals surface area (Å²) < 4.78 is 0. The van der Waals surface area contributed by atoms with Gasteiger partial charge >= 0.3 is 0 Å². The zero-order valence-corrected chi connectivity index (χ0v) is 8.38. The van der Waals surface area contributed by atoms with Crippen LogP contribution in [0.15, 0.2) is 23.3 Å². The third-order valence-corrected chi connectivity index (χ3v) is 1.98. The number of nitrogens with one attached hydrogen (secondary N) is 1. The van der Waals surface area contributed by atoms with Crippen molar-refractivity contribution in [2.24, 2.45) is 5.10 Å². The Balaban J connectivity index is 3.01. The van der Waals surface area contributed by atoms with Gasteiger partial charge in [-0.05, 0) is 18.2 Å². The van der Waals surface area contributed by atoms with Crippen molar-refractivity contribution < 1.29 is 10.0 Å². The fourth-order valence-electron chi connectivity index (χ4n) is 0.846. The molecule has 1 rings (SSSR count). The van der Waals surface area contributed by atoms with Gasteiger partial charge in [0.05, 0.1) is 5.02 Å². The SMILES string of the molecule is [N-]=[NH+]N=CC(=O)c1ccc(Cl)cc1Cl. The predicted octanol–water partition coefficient (Wildman–Crippen LogP) is 1.26. The van der Waals surface area contributed by atoms with Gasteiger partial charge in [0.15, 0.2) is 5.78 Å². The van der Waals surface area contributed by atoms with Gasteiger partial charge in [0.25, 0.3) is 0 Å². The zero-order chi connectivity index (χ0) is 10.6. The molecule has 1 N–H and O–H groups in total. The van der Waals surface area contributed by atoms with Crippen LogP contribution in [-0.2, 0) is 0 Å². The number of hydrogen-bond donors (Lipinski definition) is 1. The molecule has 0 aliphatic heterocycles. The van der Waals surface area contributed by atoms with Gasteiger partial charge in [0.2, 0.25) is 0 Å². The lowest BCUT2D eigenvalue weighted by atomic mass is 10.1. The molecule has 4 nitrogen and oxygen atoms in total. The van der Waals surface area contributed by atoms with Crippen LogP contribution in [0.5, 0.6) is 0 Å². The second-order valence-electron chi connectivity index (χ2n) is 2.35. The molecule has 0 unspecified atom stereocenters. The molecule has 0 saturated carbocycles. The summed E-state index contributed by atoms with van der Waals surface area (Å²) in [5.41, 5.74) is 8.39. The lowest BCUT2D eigenvalue weighted by Crippen LogP contribution is -2.54. The standard InChI is InChI=1S/C8H5Cl2N3O/c9-5-1-2-6(7(10)3-5)8(14)4-12-13-11/h1-4,13H. The van der Waals surface area contributed by atoms with Crippen molar-refractivity contribution >= 4 is 35.2 Å². The normalized spacial score (nSPS) is 10.4. The number of hydrazone groups is 1. The summed E-state index contributed by atoms with van der Waals surface area (Å²) >= 11 is 11.4. The zero-order valence-electron chi connectivity index (χ0n) is 6.87. The topological polar surface area (TPSA) is 65.7 Å². The summed E-state index contributed by atoms with van der Waals surface area (Å²) in [6.07, 6.45) is 0.912. The van der Waals surface area contributed by atoms with Crippen LogP contribution in [-0.4, -0.2) is 12.0 Å². The minimum absolute atomic E-state index is 0.242. The Hall–Kier alpha value is -1.26. The van der Waals surface area contributed by atoms with Crippen LogP contribution >= 0.6 is 23.2 Å². The van der Waals surface area contributed by atoms with Crippen LogP contribution in [0.3, 0.4) is 0 Å². The molecule has 0 aliphatic carbocycles. The highest BCUT2D eigenvalue weighted by Crippen LogP contribution is 2.20. The maximum absolute atomic E-state index is 11.3. The second-order valence-corrected chi connectivity index (χ2v) is 3.19. The Morgan fingerprint density at radius 2 is 2.21 bits per heavy atom. The Kier molecular flexibility index (Phi) is 3.73. The number of rotatable bonds is 3. The summed E-state index contributed by atoms with van der Waals surface area (Å²) in [5.74, 6) is -0.423. The van der Waals surface area contributed by atoms with Crippen molar-refractivity contribution in [2.45, 2.75) is 0 Å². The average Bonchev–Trinajstić information content (AvgIpc) is 2.14. The molecular formula is C8H5Cl2N3O. The molecule has 0 spiro atoms. The van der Waals surface area contributed by atoms with Gasteiger partial charge in [-0.2, -0.15) is 15.9 Å². The van der Waals surface area contributed by atoms with Crippen LogP contribution < -0.4 is 5.22 Å². The molecular weight excluding hydrogens is 225 g/mol. The molecule has 1 aromatic rings. The van der Waals surface area contributed by atoms with E-state index in [0.717, 1.165) is 6.21 Å². The molecule has 14 heavy (non-hydrogen) atoms. The fourth-order valence-corrected chi connectivity index (χ4v) is 1.35. The molecule has 0 saturated heterocycles. The Bertz CT molecular complexity index is 404. The van der Waals surface area contributed by atoms with E-state index >= 15 is 0 Å². The molecule has 0 amide bonds. The van der Waals surface area contributed by atoms with Crippen molar-refractivity contribution in [2.75, 3.05) is 0 Å². The first-order valence-electron chi connectivity index (χ1n) is 3.56. The largest absolute Gasteiger partial charge is 0.289 e. The van der Waals surface area contributed by atoms with Crippen LogP contribution in [0.1, 0.15) is 10.4 Å². The van der Waals surface area contributed by atoms with Crippen molar-refractivity contribution in [3.63, 3.8) is 0 Å². The number of benzene rings is 1. The second kappa shape index (κ2) is 4.83. The Morgan fingerprint density at radius 1 is 1.50 bits per heavy atom. The van der Waals surface area contributed by atoms with E-state index in [9.17, 15) is 4.79 Å². The van der Waals surface area contributed by atoms with Crippen molar-refractivity contribution in [3.8, 4) is 0 Å². The van der Waals surface area contributed by atoms with Gasteiger partial charge in [0.1, 0.15) is 0 Å². The minimum atomic E-state index is -0.423. The maximum Gasteiger partial charge on any atom is 0.188 e. The van der Waals surface area contributed by atoms with Crippen LogP contribution in [0, 0.1) is 0 Å².